The highest BCUT2D eigenvalue weighted by atomic mass is 35.5. The molecule has 0 aliphatic rings. The Bertz CT molecular complexity index is 279. The van der Waals surface area contributed by atoms with Crippen LogP contribution in [0.5, 0.6) is 0 Å². The van der Waals surface area contributed by atoms with Crippen molar-refractivity contribution >= 4 is 28.9 Å². The summed E-state index contributed by atoms with van der Waals surface area (Å²) in [4.78, 5) is 3.92. The number of alkyl halides is 1. The molecule has 0 fully saturated rings. The molecule has 0 bridgehead atoms. The number of hydrogen-bond donors (Lipinski definition) is 1. The van der Waals surface area contributed by atoms with E-state index in [4.69, 9.17) is 23.2 Å². The third kappa shape index (κ3) is 3.72. The lowest BCUT2D eigenvalue weighted by molar-refractivity contribution is 0.597. The van der Waals surface area contributed by atoms with Gasteiger partial charge >= 0.3 is 0 Å². The molecule has 1 aromatic rings. The third-order valence-corrected chi connectivity index (χ3v) is 2.53. The number of hydrogen-bond acceptors (Lipinski definition) is 2. The summed E-state index contributed by atoms with van der Waals surface area (Å²) in [6.45, 7) is 3.04. The zero-order valence-electron chi connectivity index (χ0n) is 8.13. The average Bonchev–Trinajstić information content (AvgIpc) is 2.17. The molecule has 0 radical (unpaired) electrons. The molecule has 0 aromatic carbocycles. The van der Waals surface area contributed by atoms with Gasteiger partial charge in [0.25, 0.3) is 0 Å². The van der Waals surface area contributed by atoms with Crippen molar-refractivity contribution in [3.05, 3.63) is 23.5 Å². The maximum atomic E-state index is 5.93. The van der Waals surface area contributed by atoms with Crippen LogP contribution in [0, 0.1) is 5.92 Å². The summed E-state index contributed by atoms with van der Waals surface area (Å²) in [5.74, 6) is 1.25. The SMILES string of the molecule is CC(CCCl)CNc1ccncc1Cl. The van der Waals surface area contributed by atoms with E-state index < -0.39 is 0 Å². The fourth-order valence-corrected chi connectivity index (χ4v) is 1.65. The maximum absolute atomic E-state index is 5.93. The van der Waals surface area contributed by atoms with Crippen LogP contribution in [0.15, 0.2) is 18.5 Å². The molecule has 0 aliphatic carbocycles. The molecule has 2 nitrogen and oxygen atoms in total. The van der Waals surface area contributed by atoms with Crippen molar-refractivity contribution in [1.82, 2.24) is 4.98 Å². The molecule has 1 atom stereocenters. The molecular formula is C10H14Cl2N2. The monoisotopic (exact) mass is 232 g/mol. The second-order valence-electron chi connectivity index (χ2n) is 3.32. The summed E-state index contributed by atoms with van der Waals surface area (Å²) in [7, 11) is 0. The van der Waals surface area contributed by atoms with Gasteiger partial charge in [0.05, 0.1) is 10.7 Å². The first kappa shape index (κ1) is 11.6. The highest BCUT2D eigenvalue weighted by Gasteiger charge is 2.02. The summed E-state index contributed by atoms with van der Waals surface area (Å²) < 4.78 is 0. The Morgan fingerprint density at radius 1 is 1.57 bits per heavy atom. The summed E-state index contributed by atoms with van der Waals surface area (Å²) in [5.41, 5.74) is 0.933. The largest absolute Gasteiger partial charge is 0.383 e. The van der Waals surface area contributed by atoms with Gasteiger partial charge in [0, 0.05) is 24.8 Å². The lowest BCUT2D eigenvalue weighted by Gasteiger charge is -2.12. The predicted octanol–water partition coefficient (Wildman–Crippen LogP) is 3.41. The number of anilines is 1. The zero-order valence-corrected chi connectivity index (χ0v) is 9.65. The van der Waals surface area contributed by atoms with Gasteiger partial charge in [0.15, 0.2) is 0 Å². The minimum Gasteiger partial charge on any atom is -0.383 e. The highest BCUT2D eigenvalue weighted by molar-refractivity contribution is 6.33. The second-order valence-corrected chi connectivity index (χ2v) is 4.10. The van der Waals surface area contributed by atoms with Crippen molar-refractivity contribution < 1.29 is 0 Å². The van der Waals surface area contributed by atoms with Crippen LogP contribution < -0.4 is 5.32 Å². The van der Waals surface area contributed by atoms with E-state index in [1.165, 1.54) is 0 Å². The van der Waals surface area contributed by atoms with Crippen LogP contribution in [-0.4, -0.2) is 17.4 Å². The van der Waals surface area contributed by atoms with Crippen LogP contribution in [0.2, 0.25) is 5.02 Å². The minimum atomic E-state index is 0.553. The van der Waals surface area contributed by atoms with Crippen molar-refractivity contribution in [2.24, 2.45) is 5.92 Å². The van der Waals surface area contributed by atoms with E-state index in [9.17, 15) is 0 Å². The molecule has 0 spiro atoms. The summed E-state index contributed by atoms with van der Waals surface area (Å²) in [6, 6.07) is 1.87. The van der Waals surface area contributed by atoms with Crippen LogP contribution in [-0.2, 0) is 0 Å². The molecular weight excluding hydrogens is 219 g/mol. The number of aromatic nitrogens is 1. The fourth-order valence-electron chi connectivity index (χ4n) is 1.09. The lowest BCUT2D eigenvalue weighted by atomic mass is 10.1. The molecule has 1 heterocycles. The van der Waals surface area contributed by atoms with E-state index in [-0.39, 0.29) is 0 Å². The predicted molar refractivity (Wildman–Crippen MR) is 62.2 cm³/mol. The van der Waals surface area contributed by atoms with E-state index in [1.807, 2.05) is 6.07 Å². The van der Waals surface area contributed by atoms with E-state index in [0.29, 0.717) is 16.8 Å². The van der Waals surface area contributed by atoms with Crippen molar-refractivity contribution in [1.29, 1.82) is 0 Å². The van der Waals surface area contributed by atoms with Gasteiger partial charge in [-0.3, -0.25) is 4.98 Å². The number of nitrogens with zero attached hydrogens (tertiary/aromatic N) is 1. The molecule has 4 heteroatoms. The molecule has 1 rings (SSSR count). The highest BCUT2D eigenvalue weighted by Crippen LogP contribution is 2.19. The average molecular weight is 233 g/mol. The molecule has 78 valence electrons. The van der Waals surface area contributed by atoms with Crippen LogP contribution in [0.3, 0.4) is 0 Å². The van der Waals surface area contributed by atoms with Gasteiger partial charge in [-0.1, -0.05) is 18.5 Å². The maximum Gasteiger partial charge on any atom is 0.0820 e. The molecule has 1 aromatic heterocycles. The van der Waals surface area contributed by atoms with Crippen molar-refractivity contribution in [3.63, 3.8) is 0 Å². The van der Waals surface area contributed by atoms with Crippen molar-refractivity contribution in [2.45, 2.75) is 13.3 Å². The quantitative estimate of drug-likeness (QED) is 0.788. The first-order valence-corrected chi connectivity index (χ1v) is 5.54. The van der Waals surface area contributed by atoms with Crippen LogP contribution in [0.25, 0.3) is 0 Å². The van der Waals surface area contributed by atoms with Crippen LogP contribution >= 0.6 is 23.2 Å². The van der Waals surface area contributed by atoms with E-state index in [1.54, 1.807) is 12.4 Å². The van der Waals surface area contributed by atoms with Crippen LogP contribution in [0.1, 0.15) is 13.3 Å². The first-order valence-electron chi connectivity index (χ1n) is 4.63. The molecule has 0 amide bonds. The summed E-state index contributed by atoms with van der Waals surface area (Å²) in [6.07, 6.45) is 4.37. The Morgan fingerprint density at radius 3 is 3.00 bits per heavy atom. The number of rotatable bonds is 5. The molecule has 14 heavy (non-hydrogen) atoms. The van der Waals surface area contributed by atoms with Gasteiger partial charge in [-0.2, -0.15) is 0 Å². The standard InChI is InChI=1S/C10H14Cl2N2/c1-8(2-4-11)6-14-10-3-5-13-7-9(10)12/h3,5,7-8H,2,4,6H2,1H3,(H,13,14). The molecule has 0 aliphatic heterocycles. The van der Waals surface area contributed by atoms with E-state index in [0.717, 1.165) is 18.7 Å². The molecule has 1 N–H and O–H groups in total. The normalized spacial score (nSPS) is 12.5. The van der Waals surface area contributed by atoms with Gasteiger partial charge < -0.3 is 5.32 Å². The summed E-state index contributed by atoms with van der Waals surface area (Å²) in [5, 5.41) is 3.92. The molecule has 0 saturated heterocycles. The van der Waals surface area contributed by atoms with Gasteiger partial charge in [-0.15, -0.1) is 11.6 Å². The molecule has 0 saturated carbocycles. The number of pyridine rings is 1. The Morgan fingerprint density at radius 2 is 2.36 bits per heavy atom. The molecule has 1 unspecified atom stereocenters. The Balaban J connectivity index is 2.41. The first-order chi connectivity index (χ1) is 6.74. The topological polar surface area (TPSA) is 24.9 Å². The smallest absolute Gasteiger partial charge is 0.0820 e. The van der Waals surface area contributed by atoms with Gasteiger partial charge in [-0.25, -0.2) is 0 Å². The zero-order chi connectivity index (χ0) is 10.4. The summed E-state index contributed by atoms with van der Waals surface area (Å²) >= 11 is 11.6. The van der Waals surface area contributed by atoms with E-state index in [2.05, 4.69) is 17.2 Å². The fraction of sp³-hybridized carbons (Fsp3) is 0.500. The third-order valence-electron chi connectivity index (χ3n) is 2.02. The van der Waals surface area contributed by atoms with Gasteiger partial charge in [0.2, 0.25) is 0 Å². The Kier molecular flexibility index (Phi) is 5.05. The van der Waals surface area contributed by atoms with Gasteiger partial charge in [0.1, 0.15) is 0 Å². The van der Waals surface area contributed by atoms with E-state index >= 15 is 0 Å². The van der Waals surface area contributed by atoms with Gasteiger partial charge in [-0.05, 0) is 18.4 Å². The lowest BCUT2D eigenvalue weighted by Crippen LogP contribution is -2.11. The Labute approximate surface area is 94.6 Å². The minimum absolute atomic E-state index is 0.553. The Hall–Kier alpha value is -0.470. The van der Waals surface area contributed by atoms with Crippen LogP contribution in [0.4, 0.5) is 5.69 Å². The van der Waals surface area contributed by atoms with Crippen molar-refractivity contribution in [2.75, 3.05) is 17.7 Å². The second kappa shape index (κ2) is 6.10. The number of nitrogens with one attached hydrogen (secondary N) is 1. The van der Waals surface area contributed by atoms with Crippen molar-refractivity contribution in [3.8, 4) is 0 Å². The number of halogens is 2.